The molecule has 2 nitrogen and oxygen atoms in total. The van der Waals surface area contributed by atoms with Gasteiger partial charge in [-0.05, 0) is 34.0 Å². The lowest BCUT2D eigenvalue weighted by atomic mass is 9.88. The van der Waals surface area contributed by atoms with Crippen molar-refractivity contribution >= 4 is 33.9 Å². The van der Waals surface area contributed by atoms with Crippen LogP contribution in [-0.2, 0) is 5.41 Å². The number of rotatable bonds is 3. The Kier molecular flexibility index (Phi) is 3.60. The Hall–Kier alpha value is -3.23. The molecule has 0 radical (unpaired) electrons. The van der Waals surface area contributed by atoms with E-state index in [1.165, 1.54) is 0 Å². The Morgan fingerprint density at radius 3 is 2.23 bits per heavy atom. The van der Waals surface area contributed by atoms with Crippen LogP contribution in [0.2, 0.25) is 5.02 Å². The molecule has 6 rings (SSSR count). The molecule has 0 aromatic heterocycles. The minimum atomic E-state index is -0.843. The summed E-state index contributed by atoms with van der Waals surface area (Å²) in [4.78, 5) is 27.5. The van der Waals surface area contributed by atoms with Gasteiger partial charge in [0.25, 0.3) is 0 Å². The summed E-state index contributed by atoms with van der Waals surface area (Å²) in [5.41, 5.74) is 2.49. The molecular formula is C27H17ClO2. The third-order valence-corrected chi connectivity index (χ3v) is 7.00. The Balaban J connectivity index is 1.59. The third-order valence-electron chi connectivity index (χ3n) is 6.75. The third kappa shape index (κ3) is 2.15. The predicted octanol–water partition coefficient (Wildman–Crippen LogP) is 6.22. The molecule has 2 aliphatic rings. The number of hydrogen-bond donors (Lipinski definition) is 0. The van der Waals surface area contributed by atoms with Gasteiger partial charge in [0.1, 0.15) is 0 Å². The molecule has 0 amide bonds. The summed E-state index contributed by atoms with van der Waals surface area (Å²) in [6.45, 7) is 0. The van der Waals surface area contributed by atoms with E-state index in [4.69, 9.17) is 11.6 Å². The maximum atomic E-state index is 13.9. The summed E-state index contributed by atoms with van der Waals surface area (Å²) in [6, 6.07) is 28.8. The van der Waals surface area contributed by atoms with Gasteiger partial charge in [0, 0.05) is 28.0 Å². The van der Waals surface area contributed by atoms with Crippen molar-refractivity contribution < 1.29 is 9.59 Å². The van der Waals surface area contributed by atoms with E-state index in [1.807, 2.05) is 91.0 Å². The second kappa shape index (κ2) is 6.13. The number of carbonyl (C=O) groups is 2. The fourth-order valence-electron chi connectivity index (χ4n) is 5.49. The van der Waals surface area contributed by atoms with Crippen LogP contribution in [0.25, 0.3) is 10.8 Å². The monoisotopic (exact) mass is 408 g/mol. The van der Waals surface area contributed by atoms with Gasteiger partial charge in [-0.25, -0.2) is 0 Å². The maximum Gasteiger partial charge on any atom is 0.175 e. The first-order valence-corrected chi connectivity index (χ1v) is 10.4. The molecule has 0 unspecified atom stereocenters. The zero-order chi connectivity index (χ0) is 20.5. The van der Waals surface area contributed by atoms with Crippen LogP contribution in [0.3, 0.4) is 0 Å². The van der Waals surface area contributed by atoms with Crippen LogP contribution in [0.4, 0.5) is 0 Å². The molecule has 0 bridgehead atoms. The molecular weight excluding hydrogens is 392 g/mol. The highest BCUT2D eigenvalue weighted by atomic mass is 35.5. The van der Waals surface area contributed by atoms with Gasteiger partial charge in [0.15, 0.2) is 11.6 Å². The number of halogens is 1. The van der Waals surface area contributed by atoms with Crippen molar-refractivity contribution in [1.82, 2.24) is 0 Å². The van der Waals surface area contributed by atoms with Crippen molar-refractivity contribution in [1.29, 1.82) is 0 Å². The Bertz CT molecular complexity index is 1340. The molecule has 1 spiro atoms. The lowest BCUT2D eigenvalue weighted by molar-refractivity contribution is 0.0892. The first-order chi connectivity index (χ1) is 14.6. The zero-order valence-corrected chi connectivity index (χ0v) is 16.8. The highest BCUT2D eigenvalue weighted by Crippen LogP contribution is 2.71. The molecule has 144 valence electrons. The van der Waals surface area contributed by atoms with Crippen LogP contribution in [0.1, 0.15) is 37.8 Å². The van der Waals surface area contributed by atoms with Gasteiger partial charge in [-0.15, -0.1) is 0 Å². The molecule has 3 heteroatoms. The van der Waals surface area contributed by atoms with Crippen LogP contribution in [-0.4, -0.2) is 11.6 Å². The molecule has 3 atom stereocenters. The summed E-state index contributed by atoms with van der Waals surface area (Å²) in [5.74, 6) is -0.545. The minimum Gasteiger partial charge on any atom is -0.294 e. The highest BCUT2D eigenvalue weighted by molar-refractivity contribution is 6.30. The van der Waals surface area contributed by atoms with E-state index in [0.717, 1.165) is 27.5 Å². The van der Waals surface area contributed by atoms with E-state index < -0.39 is 11.3 Å². The van der Waals surface area contributed by atoms with Gasteiger partial charge in [-0.2, -0.15) is 0 Å². The Labute approximate surface area is 179 Å². The van der Waals surface area contributed by atoms with E-state index in [-0.39, 0.29) is 17.5 Å². The molecule has 0 N–H and O–H groups in total. The largest absolute Gasteiger partial charge is 0.294 e. The molecule has 4 aromatic carbocycles. The maximum absolute atomic E-state index is 13.9. The van der Waals surface area contributed by atoms with Gasteiger partial charge >= 0.3 is 0 Å². The quantitative estimate of drug-likeness (QED) is 0.377. The molecule has 1 fully saturated rings. The van der Waals surface area contributed by atoms with Gasteiger partial charge < -0.3 is 0 Å². The molecule has 0 aliphatic heterocycles. The van der Waals surface area contributed by atoms with Gasteiger partial charge in [-0.3, -0.25) is 9.59 Å². The van der Waals surface area contributed by atoms with E-state index in [0.29, 0.717) is 10.6 Å². The molecule has 30 heavy (non-hydrogen) atoms. The van der Waals surface area contributed by atoms with Crippen molar-refractivity contribution in [3.05, 3.63) is 118 Å². The molecule has 4 aromatic rings. The highest BCUT2D eigenvalue weighted by Gasteiger charge is 2.75. The minimum absolute atomic E-state index is 0.0220. The second-order valence-electron chi connectivity index (χ2n) is 8.14. The molecule has 0 saturated heterocycles. The molecule has 2 aliphatic carbocycles. The van der Waals surface area contributed by atoms with E-state index in [2.05, 4.69) is 0 Å². The lowest BCUT2D eigenvalue weighted by Gasteiger charge is -2.11. The lowest BCUT2D eigenvalue weighted by Crippen LogP contribution is -2.22. The zero-order valence-electron chi connectivity index (χ0n) is 16.0. The average Bonchev–Trinajstić information content (AvgIpc) is 3.42. The smallest absolute Gasteiger partial charge is 0.175 e. The SMILES string of the molecule is O=C(c1ccccc1)[C@H]1[C@@H](c2ccc(Cl)cc2)[C@]12C(=O)c1cccc3cccc2c13. The number of hydrogen-bond acceptors (Lipinski definition) is 2. The fourth-order valence-corrected chi connectivity index (χ4v) is 5.62. The van der Waals surface area contributed by atoms with E-state index in [1.54, 1.807) is 0 Å². The second-order valence-corrected chi connectivity index (χ2v) is 8.58. The van der Waals surface area contributed by atoms with E-state index in [9.17, 15) is 9.59 Å². The normalized spacial score (nSPS) is 23.8. The number of benzene rings is 4. The number of fused-ring (bicyclic) bond motifs is 1. The van der Waals surface area contributed by atoms with Crippen LogP contribution in [0, 0.1) is 5.92 Å². The Morgan fingerprint density at radius 2 is 1.50 bits per heavy atom. The predicted molar refractivity (Wildman–Crippen MR) is 118 cm³/mol. The fraction of sp³-hybridized carbons (Fsp3) is 0.111. The van der Waals surface area contributed by atoms with Crippen molar-refractivity contribution in [3.63, 3.8) is 0 Å². The van der Waals surface area contributed by atoms with Crippen molar-refractivity contribution in [2.24, 2.45) is 5.92 Å². The summed E-state index contributed by atoms with van der Waals surface area (Å²) >= 11 is 6.12. The molecule has 1 saturated carbocycles. The van der Waals surface area contributed by atoms with Gasteiger partial charge in [0.2, 0.25) is 0 Å². The summed E-state index contributed by atoms with van der Waals surface area (Å²) in [5, 5.41) is 2.68. The van der Waals surface area contributed by atoms with Crippen LogP contribution < -0.4 is 0 Å². The topological polar surface area (TPSA) is 34.1 Å². The van der Waals surface area contributed by atoms with E-state index >= 15 is 0 Å². The van der Waals surface area contributed by atoms with Crippen molar-refractivity contribution in [2.45, 2.75) is 11.3 Å². The van der Waals surface area contributed by atoms with Gasteiger partial charge in [-0.1, -0.05) is 90.5 Å². The van der Waals surface area contributed by atoms with Crippen LogP contribution in [0.15, 0.2) is 91.0 Å². The first-order valence-electron chi connectivity index (χ1n) is 10.1. The number of carbonyl (C=O) groups excluding carboxylic acids is 2. The standard InChI is InChI=1S/C27H17ClO2/c28-19-14-12-17(13-15-19)23-24(25(29)18-6-2-1-3-7-18)27(23)21-11-5-9-16-8-4-10-20(22(16)21)26(27)30/h1-15,23-24H/t23-,24-,27+/m1/s1. The van der Waals surface area contributed by atoms with Crippen LogP contribution >= 0.6 is 11.6 Å². The number of ketones is 2. The van der Waals surface area contributed by atoms with Gasteiger partial charge in [0.05, 0.1) is 5.41 Å². The van der Waals surface area contributed by atoms with Crippen molar-refractivity contribution in [2.75, 3.05) is 0 Å². The van der Waals surface area contributed by atoms with Crippen LogP contribution in [0.5, 0.6) is 0 Å². The number of Topliss-reactive ketones (excluding diaryl/α,β-unsaturated/α-hetero) is 2. The summed E-state index contributed by atoms with van der Waals surface area (Å²) in [6.07, 6.45) is 0. The first kappa shape index (κ1) is 17.6. The molecule has 0 heterocycles. The Morgan fingerprint density at radius 1 is 0.800 bits per heavy atom. The summed E-state index contributed by atoms with van der Waals surface area (Å²) < 4.78 is 0. The van der Waals surface area contributed by atoms with Crippen molar-refractivity contribution in [3.8, 4) is 0 Å². The summed E-state index contributed by atoms with van der Waals surface area (Å²) in [7, 11) is 0. The average molecular weight is 409 g/mol.